The number of allylic oxidation sites excluding steroid dienone is 1. The Hall–Kier alpha value is -2.87. The number of amides is 1. The molecule has 106 valence electrons. The van der Waals surface area contributed by atoms with Gasteiger partial charge in [0, 0.05) is 12.0 Å². The van der Waals surface area contributed by atoms with Gasteiger partial charge in [0.05, 0.1) is 18.2 Å². The van der Waals surface area contributed by atoms with Crippen molar-refractivity contribution >= 4 is 5.91 Å². The Balaban J connectivity index is 1.96. The molecule has 0 saturated carbocycles. The Kier molecular flexibility index (Phi) is 4.89. The summed E-state index contributed by atoms with van der Waals surface area (Å²) in [7, 11) is 0. The van der Waals surface area contributed by atoms with Crippen LogP contribution in [0.25, 0.3) is 11.3 Å². The van der Waals surface area contributed by atoms with Crippen molar-refractivity contribution in [2.24, 2.45) is 0 Å². The van der Waals surface area contributed by atoms with Crippen LogP contribution in [0.2, 0.25) is 0 Å². The van der Waals surface area contributed by atoms with Crippen LogP contribution in [0.15, 0.2) is 47.6 Å². The third-order valence-electron chi connectivity index (χ3n) is 2.87. The zero-order chi connectivity index (χ0) is 15.1. The predicted molar refractivity (Wildman–Crippen MR) is 77.9 cm³/mol. The Morgan fingerprint density at radius 3 is 2.86 bits per heavy atom. The molecule has 0 radical (unpaired) electrons. The third kappa shape index (κ3) is 4.05. The van der Waals surface area contributed by atoms with Crippen molar-refractivity contribution < 1.29 is 9.21 Å². The quantitative estimate of drug-likeness (QED) is 0.826. The summed E-state index contributed by atoms with van der Waals surface area (Å²) in [4.78, 5) is 15.8. The van der Waals surface area contributed by atoms with Crippen LogP contribution >= 0.6 is 0 Å². The molecule has 1 N–H and O–H groups in total. The Morgan fingerprint density at radius 2 is 2.19 bits per heavy atom. The molecule has 5 nitrogen and oxygen atoms in total. The average Bonchev–Trinajstić information content (AvgIpc) is 3.00. The fourth-order valence-corrected chi connectivity index (χ4v) is 1.74. The van der Waals surface area contributed by atoms with Crippen LogP contribution in [0.3, 0.4) is 0 Å². The van der Waals surface area contributed by atoms with Crippen LogP contribution in [-0.4, -0.2) is 10.9 Å². The van der Waals surface area contributed by atoms with Gasteiger partial charge in [0.25, 0.3) is 0 Å². The SMILES string of the molecule is C=CCCC(=O)NCc1nc(-c2ccc(C#N)cc2)co1. The van der Waals surface area contributed by atoms with Gasteiger partial charge >= 0.3 is 0 Å². The molecular formula is C16H15N3O2. The minimum Gasteiger partial charge on any atom is -0.446 e. The van der Waals surface area contributed by atoms with Gasteiger partial charge in [-0.05, 0) is 18.6 Å². The molecule has 0 fully saturated rings. The van der Waals surface area contributed by atoms with Crippen molar-refractivity contribution in [2.75, 3.05) is 0 Å². The van der Waals surface area contributed by atoms with Crippen molar-refractivity contribution in [3.05, 3.63) is 54.6 Å². The minimum absolute atomic E-state index is 0.0620. The van der Waals surface area contributed by atoms with E-state index in [2.05, 4.69) is 22.9 Å². The first-order valence-electron chi connectivity index (χ1n) is 6.55. The average molecular weight is 281 g/mol. The number of nitrogens with zero attached hydrogens (tertiary/aromatic N) is 2. The zero-order valence-corrected chi connectivity index (χ0v) is 11.5. The monoisotopic (exact) mass is 281 g/mol. The number of hydrogen-bond donors (Lipinski definition) is 1. The van der Waals surface area contributed by atoms with Gasteiger partial charge < -0.3 is 9.73 Å². The van der Waals surface area contributed by atoms with Crippen LogP contribution in [-0.2, 0) is 11.3 Å². The van der Waals surface area contributed by atoms with E-state index in [0.29, 0.717) is 30.0 Å². The molecule has 0 bridgehead atoms. The summed E-state index contributed by atoms with van der Waals surface area (Å²) in [5.41, 5.74) is 2.13. The highest BCUT2D eigenvalue weighted by Crippen LogP contribution is 2.19. The molecule has 0 saturated heterocycles. The third-order valence-corrected chi connectivity index (χ3v) is 2.87. The molecular weight excluding hydrogens is 266 g/mol. The van der Waals surface area contributed by atoms with E-state index in [4.69, 9.17) is 9.68 Å². The van der Waals surface area contributed by atoms with Gasteiger partial charge in [-0.15, -0.1) is 6.58 Å². The number of aromatic nitrogens is 1. The number of oxazole rings is 1. The lowest BCUT2D eigenvalue weighted by Crippen LogP contribution is -2.22. The van der Waals surface area contributed by atoms with Gasteiger partial charge in [-0.1, -0.05) is 18.2 Å². The molecule has 0 atom stereocenters. The van der Waals surface area contributed by atoms with Crippen LogP contribution < -0.4 is 5.32 Å². The van der Waals surface area contributed by atoms with E-state index in [9.17, 15) is 4.79 Å². The Bertz CT molecular complexity index is 666. The highest BCUT2D eigenvalue weighted by atomic mass is 16.3. The van der Waals surface area contributed by atoms with Crippen LogP contribution in [0.4, 0.5) is 0 Å². The van der Waals surface area contributed by atoms with Crippen molar-refractivity contribution in [1.29, 1.82) is 5.26 Å². The summed E-state index contributed by atoms with van der Waals surface area (Å²) < 4.78 is 5.32. The predicted octanol–water partition coefficient (Wildman–Crippen LogP) is 2.80. The van der Waals surface area contributed by atoms with Gasteiger partial charge in [-0.25, -0.2) is 4.98 Å². The lowest BCUT2D eigenvalue weighted by atomic mass is 10.1. The van der Waals surface area contributed by atoms with Crippen molar-refractivity contribution in [1.82, 2.24) is 10.3 Å². The largest absolute Gasteiger partial charge is 0.446 e. The summed E-state index contributed by atoms with van der Waals surface area (Å²) in [5, 5.41) is 11.5. The lowest BCUT2D eigenvalue weighted by Gasteiger charge is -2.00. The topological polar surface area (TPSA) is 78.9 Å². The zero-order valence-electron chi connectivity index (χ0n) is 11.5. The van der Waals surface area contributed by atoms with Gasteiger partial charge in [0.15, 0.2) is 0 Å². The molecule has 0 aliphatic heterocycles. The van der Waals surface area contributed by atoms with Crippen molar-refractivity contribution in [2.45, 2.75) is 19.4 Å². The minimum atomic E-state index is -0.0620. The summed E-state index contributed by atoms with van der Waals surface area (Å²) in [6, 6.07) is 9.12. The highest BCUT2D eigenvalue weighted by molar-refractivity contribution is 5.75. The van der Waals surface area contributed by atoms with Crippen LogP contribution in [0, 0.1) is 11.3 Å². The second kappa shape index (κ2) is 7.06. The lowest BCUT2D eigenvalue weighted by molar-refractivity contribution is -0.121. The molecule has 1 amide bonds. The van der Waals surface area contributed by atoms with Gasteiger partial charge in [0.1, 0.15) is 12.0 Å². The van der Waals surface area contributed by atoms with E-state index in [-0.39, 0.29) is 12.5 Å². The molecule has 0 aliphatic carbocycles. The molecule has 0 unspecified atom stereocenters. The molecule has 1 aromatic heterocycles. The maximum atomic E-state index is 11.5. The smallest absolute Gasteiger partial charge is 0.220 e. The highest BCUT2D eigenvalue weighted by Gasteiger charge is 2.07. The molecule has 2 rings (SSSR count). The summed E-state index contributed by atoms with van der Waals surface area (Å²) in [6.45, 7) is 3.83. The molecule has 1 heterocycles. The molecule has 21 heavy (non-hydrogen) atoms. The number of hydrogen-bond acceptors (Lipinski definition) is 4. The number of nitrogens with one attached hydrogen (secondary N) is 1. The molecule has 1 aromatic carbocycles. The van der Waals surface area contributed by atoms with Crippen LogP contribution in [0.1, 0.15) is 24.3 Å². The van der Waals surface area contributed by atoms with E-state index in [1.54, 1.807) is 18.2 Å². The Morgan fingerprint density at radius 1 is 1.43 bits per heavy atom. The maximum absolute atomic E-state index is 11.5. The van der Waals surface area contributed by atoms with Crippen LogP contribution in [0.5, 0.6) is 0 Å². The fourth-order valence-electron chi connectivity index (χ4n) is 1.74. The summed E-state index contributed by atoms with van der Waals surface area (Å²) in [5.74, 6) is 0.384. The normalized spacial score (nSPS) is 9.86. The van der Waals surface area contributed by atoms with Gasteiger partial charge in [0.2, 0.25) is 11.8 Å². The van der Waals surface area contributed by atoms with E-state index < -0.39 is 0 Å². The second-order valence-corrected chi connectivity index (χ2v) is 4.42. The first-order valence-corrected chi connectivity index (χ1v) is 6.55. The second-order valence-electron chi connectivity index (χ2n) is 4.42. The molecule has 0 spiro atoms. The summed E-state index contributed by atoms with van der Waals surface area (Å²) in [6.07, 6.45) is 4.29. The van der Waals surface area contributed by atoms with E-state index in [0.717, 1.165) is 5.56 Å². The van der Waals surface area contributed by atoms with E-state index in [1.807, 2.05) is 12.1 Å². The number of rotatable bonds is 6. The first-order chi connectivity index (χ1) is 10.2. The number of carbonyl (C=O) groups is 1. The standard InChI is InChI=1S/C16H15N3O2/c1-2-3-4-15(20)18-10-16-19-14(11-21-16)13-7-5-12(9-17)6-8-13/h2,5-8,11H,1,3-4,10H2,(H,18,20). The molecule has 0 aliphatic rings. The van der Waals surface area contributed by atoms with Gasteiger partial charge in [-0.2, -0.15) is 5.26 Å². The molecule has 5 heteroatoms. The van der Waals surface area contributed by atoms with E-state index >= 15 is 0 Å². The van der Waals surface area contributed by atoms with Gasteiger partial charge in [-0.3, -0.25) is 4.79 Å². The number of carbonyl (C=O) groups excluding carboxylic acids is 1. The maximum Gasteiger partial charge on any atom is 0.220 e. The van der Waals surface area contributed by atoms with Crippen molar-refractivity contribution in [3.63, 3.8) is 0 Å². The number of nitriles is 1. The Labute approximate surface area is 122 Å². The fraction of sp³-hybridized carbons (Fsp3) is 0.188. The molecule has 2 aromatic rings. The summed E-state index contributed by atoms with van der Waals surface area (Å²) >= 11 is 0. The number of benzene rings is 1. The first kappa shape index (κ1) is 14.5. The van der Waals surface area contributed by atoms with Crippen molar-refractivity contribution in [3.8, 4) is 17.3 Å². The van der Waals surface area contributed by atoms with E-state index in [1.165, 1.54) is 6.26 Å².